The molecule has 0 fully saturated rings. The third-order valence-corrected chi connectivity index (χ3v) is 10.3. The second-order valence-electron chi connectivity index (χ2n) is 15.9. The third-order valence-electron chi connectivity index (χ3n) is 10.3. The van der Waals surface area contributed by atoms with Crippen molar-refractivity contribution in [2.45, 2.75) is 54.4 Å². The highest BCUT2D eigenvalue weighted by atomic mass is 16.3. The van der Waals surface area contributed by atoms with Crippen molar-refractivity contribution >= 4 is 34.8 Å². The van der Waals surface area contributed by atoms with Crippen LogP contribution in [0.3, 0.4) is 0 Å². The number of ketones is 2. The van der Waals surface area contributed by atoms with Crippen LogP contribution in [0.5, 0.6) is 28.7 Å². The van der Waals surface area contributed by atoms with E-state index in [1.165, 1.54) is 24.3 Å². The van der Waals surface area contributed by atoms with Gasteiger partial charge in [-0.2, -0.15) is 0 Å². The van der Waals surface area contributed by atoms with Gasteiger partial charge in [0.25, 0.3) is 11.8 Å². The molecule has 7 rings (SSSR count). The van der Waals surface area contributed by atoms with Crippen LogP contribution < -0.4 is 10.6 Å². The number of hydrogen-bond donors (Lipinski definition) is 7. The van der Waals surface area contributed by atoms with Gasteiger partial charge in [-0.05, 0) is 113 Å². The first kappa shape index (κ1) is 47.9. The van der Waals surface area contributed by atoms with E-state index in [2.05, 4.69) is 10.6 Å². The third kappa shape index (κ3) is 13.7. The van der Waals surface area contributed by atoms with E-state index >= 15 is 0 Å². The maximum absolute atomic E-state index is 12.6. The van der Waals surface area contributed by atoms with Gasteiger partial charge >= 0.3 is 0 Å². The van der Waals surface area contributed by atoms with Crippen LogP contribution in [-0.2, 0) is 12.8 Å². The molecule has 0 aliphatic heterocycles. The van der Waals surface area contributed by atoms with Crippen molar-refractivity contribution in [2.75, 3.05) is 10.6 Å². The van der Waals surface area contributed by atoms with Crippen molar-refractivity contribution in [1.29, 1.82) is 0 Å². The van der Waals surface area contributed by atoms with Gasteiger partial charge in [-0.15, -0.1) is 0 Å². The van der Waals surface area contributed by atoms with Crippen molar-refractivity contribution in [3.8, 4) is 28.7 Å². The number of carbonyl (C=O) groups excluding carboxylic acids is 4. The molecule has 0 aliphatic rings. The van der Waals surface area contributed by atoms with Crippen LogP contribution in [0.4, 0.5) is 11.4 Å². The van der Waals surface area contributed by atoms with Crippen molar-refractivity contribution in [3.05, 3.63) is 206 Å². The van der Waals surface area contributed by atoms with Crippen molar-refractivity contribution in [1.82, 2.24) is 0 Å². The lowest BCUT2D eigenvalue weighted by Crippen LogP contribution is -2.11. The maximum Gasteiger partial charge on any atom is 0.255 e. The monoisotopic (exact) mass is 872 g/mol. The van der Waals surface area contributed by atoms with Crippen LogP contribution in [-0.4, -0.2) is 48.9 Å². The van der Waals surface area contributed by atoms with Gasteiger partial charge in [0.2, 0.25) is 0 Å². The summed E-state index contributed by atoms with van der Waals surface area (Å²) < 4.78 is 0. The largest absolute Gasteiger partial charge is 0.508 e. The number of phenolic OH excluding ortho intramolecular Hbond substituents is 5. The lowest BCUT2D eigenvalue weighted by molar-refractivity contribution is 0.0986. The van der Waals surface area contributed by atoms with Crippen LogP contribution in [0, 0.1) is 41.5 Å². The Hall–Kier alpha value is -8.18. The average Bonchev–Trinajstić information content (AvgIpc) is 3.26. The van der Waals surface area contributed by atoms with Crippen LogP contribution in [0.25, 0.3) is 0 Å². The summed E-state index contributed by atoms with van der Waals surface area (Å²) in [5.74, 6) is -1.14. The normalized spacial score (nSPS) is 10.4. The van der Waals surface area contributed by atoms with Crippen LogP contribution in [0.2, 0.25) is 0 Å². The molecule has 11 heteroatoms. The molecular formula is C54H52N2O9. The summed E-state index contributed by atoms with van der Waals surface area (Å²) in [6.07, 6.45) is -0.0254. The van der Waals surface area contributed by atoms with Gasteiger partial charge in [0.15, 0.2) is 11.6 Å². The fraction of sp³-hybridized carbons (Fsp3) is 0.148. The molecule has 65 heavy (non-hydrogen) atoms. The number of hydrogen-bond acceptors (Lipinski definition) is 9. The number of rotatable bonds is 10. The lowest BCUT2D eigenvalue weighted by Gasteiger charge is -2.10. The molecule has 332 valence electrons. The smallest absolute Gasteiger partial charge is 0.255 e. The van der Waals surface area contributed by atoms with E-state index in [9.17, 15) is 44.7 Å². The van der Waals surface area contributed by atoms with Gasteiger partial charge in [-0.25, -0.2) is 0 Å². The summed E-state index contributed by atoms with van der Waals surface area (Å²) in [5, 5.41) is 54.5. The molecule has 0 heterocycles. The number of amides is 2. The van der Waals surface area contributed by atoms with Gasteiger partial charge in [-0.3, -0.25) is 19.2 Å². The number of nitrogens with one attached hydrogen (secondary N) is 2. The van der Waals surface area contributed by atoms with E-state index in [0.29, 0.717) is 44.6 Å². The summed E-state index contributed by atoms with van der Waals surface area (Å²) in [4.78, 5) is 49.0. The molecule has 7 aromatic rings. The van der Waals surface area contributed by atoms with E-state index in [1.54, 1.807) is 73.7 Å². The van der Waals surface area contributed by atoms with Gasteiger partial charge in [0.1, 0.15) is 28.7 Å². The minimum absolute atomic E-state index is 0.0127. The Kier molecular flexibility index (Phi) is 16.0. The predicted octanol–water partition coefficient (Wildman–Crippen LogP) is 10.8. The Balaban J connectivity index is 0.000000190. The zero-order chi connectivity index (χ0) is 47.4. The first-order valence-corrected chi connectivity index (χ1v) is 20.7. The van der Waals surface area contributed by atoms with Gasteiger partial charge < -0.3 is 36.2 Å². The zero-order valence-corrected chi connectivity index (χ0v) is 37.1. The average molecular weight is 873 g/mol. The number of aromatic hydroxyl groups is 5. The molecule has 0 saturated carbocycles. The fourth-order valence-corrected chi connectivity index (χ4v) is 6.47. The van der Waals surface area contributed by atoms with E-state index in [0.717, 1.165) is 27.8 Å². The topological polar surface area (TPSA) is 193 Å². The summed E-state index contributed by atoms with van der Waals surface area (Å²) in [6, 6.07) is 39.4. The fourth-order valence-electron chi connectivity index (χ4n) is 6.47. The van der Waals surface area contributed by atoms with Crippen LogP contribution in [0.15, 0.2) is 140 Å². The molecule has 0 saturated heterocycles. The number of Topliss-reactive ketones (excluding diaryl/α,β-unsaturated/α-hetero) is 2. The highest BCUT2D eigenvalue weighted by Crippen LogP contribution is 2.32. The molecule has 0 radical (unpaired) electrons. The SMILES string of the molecule is Cc1ccc(C(=O)Nc2cc(C)ccc2O)cc1.Cc1ccc(C(=O)Nc2cc(O)c(C)cc2O)cc1.Cc1cccc(C(=O)Cc2cc(CC(=O)c3cccc(C)c3)c(O)cc2O)c1. The molecule has 0 spiro atoms. The second kappa shape index (κ2) is 21.8. The summed E-state index contributed by atoms with van der Waals surface area (Å²) >= 11 is 0. The van der Waals surface area contributed by atoms with E-state index < -0.39 is 0 Å². The molecule has 11 nitrogen and oxygen atoms in total. The van der Waals surface area contributed by atoms with Crippen LogP contribution in [0.1, 0.15) is 85.9 Å². The first-order valence-electron chi connectivity index (χ1n) is 20.7. The van der Waals surface area contributed by atoms with E-state index in [1.807, 2.05) is 83.1 Å². The Bertz CT molecular complexity index is 2770. The quantitative estimate of drug-likeness (QED) is 0.0398. The maximum atomic E-state index is 12.6. The standard InChI is InChI=1S/C24H22O4.C15H15NO3.C15H15NO2/c1-15-5-3-7-17(9-15)21(25)12-19-11-20(24(28)14-23(19)27)13-22(26)18-8-4-6-16(2)10-18;1-9-3-5-11(6-4-9)15(19)16-12-8-13(17)10(2)7-14(12)18;1-10-3-6-12(7-4-10)15(18)16-13-9-11(2)5-8-14(13)17/h3-11,14,27-28H,12-13H2,1-2H3;3-8,17-18H,1-2H3,(H,16,19);3-9,17H,1-2H3,(H,16,18). The molecule has 0 atom stereocenters. The Morgan fingerprint density at radius 3 is 1.23 bits per heavy atom. The molecule has 0 aliphatic carbocycles. The number of aryl methyl sites for hydroxylation is 6. The minimum Gasteiger partial charge on any atom is -0.508 e. The molecule has 0 aromatic heterocycles. The summed E-state index contributed by atoms with van der Waals surface area (Å²) in [6.45, 7) is 11.3. The highest BCUT2D eigenvalue weighted by Gasteiger charge is 2.17. The molecular weight excluding hydrogens is 821 g/mol. The van der Waals surface area contributed by atoms with Crippen molar-refractivity contribution < 1.29 is 44.7 Å². The van der Waals surface area contributed by atoms with Gasteiger partial charge in [0, 0.05) is 58.4 Å². The highest BCUT2D eigenvalue weighted by molar-refractivity contribution is 6.06. The molecule has 0 unspecified atom stereocenters. The number of phenols is 5. The Morgan fingerprint density at radius 1 is 0.369 bits per heavy atom. The predicted molar refractivity (Wildman–Crippen MR) is 254 cm³/mol. The number of anilines is 2. The zero-order valence-electron chi connectivity index (χ0n) is 37.1. The molecule has 7 aromatic carbocycles. The Labute approximate surface area is 378 Å². The Morgan fingerprint density at radius 2 is 0.785 bits per heavy atom. The lowest BCUT2D eigenvalue weighted by atomic mass is 9.96. The van der Waals surface area contributed by atoms with E-state index in [-0.39, 0.29) is 70.7 Å². The van der Waals surface area contributed by atoms with Crippen LogP contribution >= 0.6 is 0 Å². The van der Waals surface area contributed by atoms with Gasteiger partial charge in [0.05, 0.1) is 11.4 Å². The summed E-state index contributed by atoms with van der Waals surface area (Å²) in [5.41, 5.74) is 9.22. The van der Waals surface area contributed by atoms with Crippen molar-refractivity contribution in [2.24, 2.45) is 0 Å². The molecule has 0 bridgehead atoms. The number of carbonyl (C=O) groups is 4. The van der Waals surface area contributed by atoms with Crippen molar-refractivity contribution in [3.63, 3.8) is 0 Å². The number of benzene rings is 7. The summed E-state index contributed by atoms with van der Waals surface area (Å²) in [7, 11) is 0. The first-order chi connectivity index (χ1) is 30.9. The molecule has 2 amide bonds. The second-order valence-corrected chi connectivity index (χ2v) is 15.9. The molecule has 7 N–H and O–H groups in total. The van der Waals surface area contributed by atoms with Gasteiger partial charge in [-0.1, -0.05) is 89.0 Å². The minimum atomic E-state index is -0.335. The van der Waals surface area contributed by atoms with E-state index in [4.69, 9.17) is 0 Å².